The molecule has 0 saturated carbocycles. The molecule has 0 saturated heterocycles. The average Bonchev–Trinajstić information content (AvgIpc) is 2.95. The second-order valence-electron chi connectivity index (χ2n) is 6.72. The highest BCUT2D eigenvalue weighted by Gasteiger charge is 2.33. The number of nitrogens with one attached hydrogen (secondary N) is 1. The lowest BCUT2D eigenvalue weighted by Gasteiger charge is -2.14. The van der Waals surface area contributed by atoms with Gasteiger partial charge in [0.2, 0.25) is 10.0 Å². The van der Waals surface area contributed by atoms with Crippen molar-refractivity contribution < 1.29 is 26.3 Å². The molecule has 0 aliphatic heterocycles. The quantitative estimate of drug-likeness (QED) is 0.831. The number of hydrogen-bond acceptors (Lipinski definition) is 4. The highest BCUT2D eigenvalue weighted by molar-refractivity contribution is 7.90. The van der Waals surface area contributed by atoms with E-state index in [1.807, 2.05) is 0 Å². The largest absolute Gasteiger partial charge is 0.457 e. The van der Waals surface area contributed by atoms with Crippen LogP contribution < -0.4 is 9.46 Å². The van der Waals surface area contributed by atoms with Crippen LogP contribution in [0.25, 0.3) is 0 Å². The van der Waals surface area contributed by atoms with E-state index in [4.69, 9.17) is 4.74 Å². The summed E-state index contributed by atoms with van der Waals surface area (Å²) in [6.45, 7) is 3.22. The van der Waals surface area contributed by atoms with Gasteiger partial charge in [-0.2, -0.15) is 13.2 Å². The molecule has 1 heterocycles. The fourth-order valence-electron chi connectivity index (χ4n) is 2.88. The van der Waals surface area contributed by atoms with Crippen LogP contribution in [0.2, 0.25) is 0 Å². The summed E-state index contributed by atoms with van der Waals surface area (Å²) in [6.07, 6.45) is -2.43. The zero-order chi connectivity index (χ0) is 19.8. The molecule has 0 bridgehead atoms. The van der Waals surface area contributed by atoms with Gasteiger partial charge >= 0.3 is 6.18 Å². The zero-order valence-corrected chi connectivity index (χ0v) is 15.6. The molecule has 1 atom stereocenters. The predicted octanol–water partition coefficient (Wildman–Crippen LogP) is 3.69. The number of aromatic nitrogens is 1. The zero-order valence-electron chi connectivity index (χ0n) is 14.7. The average molecular weight is 400 g/mol. The van der Waals surface area contributed by atoms with Crippen LogP contribution in [-0.2, 0) is 29.0 Å². The Hall–Kier alpha value is -2.13. The van der Waals surface area contributed by atoms with Crippen molar-refractivity contribution in [2.24, 2.45) is 0 Å². The molecule has 1 aromatic carbocycles. The maximum absolute atomic E-state index is 12.7. The first kappa shape index (κ1) is 19.6. The van der Waals surface area contributed by atoms with Crippen LogP contribution in [-0.4, -0.2) is 24.7 Å². The standard InChI is InChI=1S/C18H19F3N2O3S/c1-11(2)27(24,25)23-14-7-12-3-4-15(9-13(12)8-14)26-16-5-6-22-17(10-16)18(19,20)21/h3-6,9-11,14,23H,7-8H2,1-2H3. The first-order valence-corrected chi connectivity index (χ1v) is 9.93. The lowest BCUT2D eigenvalue weighted by Crippen LogP contribution is -2.39. The van der Waals surface area contributed by atoms with Gasteiger partial charge in [0, 0.05) is 18.3 Å². The number of nitrogens with zero attached hydrogens (tertiary/aromatic N) is 1. The van der Waals surface area contributed by atoms with E-state index >= 15 is 0 Å². The number of hydrogen-bond donors (Lipinski definition) is 1. The maximum Gasteiger partial charge on any atom is 0.433 e. The molecule has 146 valence electrons. The molecule has 1 aliphatic carbocycles. The van der Waals surface area contributed by atoms with E-state index in [1.54, 1.807) is 32.0 Å². The molecular formula is C18H19F3N2O3S. The van der Waals surface area contributed by atoms with Gasteiger partial charge in [-0.05, 0) is 56.0 Å². The highest BCUT2D eigenvalue weighted by Crippen LogP contribution is 2.33. The number of sulfonamides is 1. The molecule has 1 aliphatic rings. The number of alkyl halides is 3. The summed E-state index contributed by atoms with van der Waals surface area (Å²) < 4.78 is 70.5. The van der Waals surface area contributed by atoms with Gasteiger partial charge in [0.1, 0.15) is 17.2 Å². The Morgan fingerprint density at radius 3 is 2.44 bits per heavy atom. The summed E-state index contributed by atoms with van der Waals surface area (Å²) in [5.74, 6) is 0.424. The molecule has 0 spiro atoms. The van der Waals surface area contributed by atoms with Crippen molar-refractivity contribution in [1.82, 2.24) is 9.71 Å². The van der Waals surface area contributed by atoms with E-state index in [2.05, 4.69) is 9.71 Å². The fourth-order valence-corrected chi connectivity index (χ4v) is 3.78. The summed E-state index contributed by atoms with van der Waals surface area (Å²) in [5.41, 5.74) is 0.878. The van der Waals surface area contributed by atoms with Crippen molar-refractivity contribution in [3.63, 3.8) is 0 Å². The summed E-state index contributed by atoms with van der Waals surface area (Å²) in [4.78, 5) is 3.30. The summed E-state index contributed by atoms with van der Waals surface area (Å²) in [6, 6.07) is 7.15. The SMILES string of the molecule is CC(C)S(=O)(=O)NC1Cc2ccc(Oc3ccnc(C(F)(F)F)c3)cc2C1. The summed E-state index contributed by atoms with van der Waals surface area (Å²) >= 11 is 0. The first-order chi connectivity index (χ1) is 12.5. The van der Waals surface area contributed by atoms with Gasteiger partial charge in [0.05, 0.1) is 5.25 Å². The molecule has 3 rings (SSSR count). The van der Waals surface area contributed by atoms with E-state index in [-0.39, 0.29) is 11.8 Å². The number of rotatable bonds is 5. The Morgan fingerprint density at radius 1 is 1.11 bits per heavy atom. The third kappa shape index (κ3) is 4.59. The Morgan fingerprint density at radius 2 is 1.78 bits per heavy atom. The van der Waals surface area contributed by atoms with Crippen molar-refractivity contribution in [2.45, 2.75) is 44.2 Å². The first-order valence-electron chi connectivity index (χ1n) is 8.38. The van der Waals surface area contributed by atoms with Gasteiger partial charge in [0.15, 0.2) is 0 Å². The Balaban J connectivity index is 1.73. The van der Waals surface area contributed by atoms with Gasteiger partial charge in [-0.1, -0.05) is 6.07 Å². The van der Waals surface area contributed by atoms with Crippen molar-refractivity contribution in [3.8, 4) is 11.5 Å². The molecular weight excluding hydrogens is 381 g/mol. The lowest BCUT2D eigenvalue weighted by atomic mass is 10.1. The van der Waals surface area contributed by atoms with Gasteiger partial charge in [-0.3, -0.25) is 4.98 Å². The van der Waals surface area contributed by atoms with Gasteiger partial charge in [0.25, 0.3) is 0 Å². The number of fused-ring (bicyclic) bond motifs is 1. The molecule has 9 heteroatoms. The number of halogens is 3. The van der Waals surface area contributed by atoms with Crippen LogP contribution in [0.1, 0.15) is 30.7 Å². The van der Waals surface area contributed by atoms with Gasteiger partial charge in [-0.15, -0.1) is 0 Å². The molecule has 0 radical (unpaired) electrons. The number of pyridine rings is 1. The van der Waals surface area contributed by atoms with Crippen LogP contribution in [0.4, 0.5) is 13.2 Å². The van der Waals surface area contributed by atoms with E-state index in [9.17, 15) is 21.6 Å². The molecule has 0 amide bonds. The maximum atomic E-state index is 12.7. The molecule has 27 heavy (non-hydrogen) atoms. The monoisotopic (exact) mass is 400 g/mol. The third-order valence-corrected chi connectivity index (χ3v) is 6.22. The minimum Gasteiger partial charge on any atom is -0.457 e. The van der Waals surface area contributed by atoms with Crippen molar-refractivity contribution in [1.29, 1.82) is 0 Å². The van der Waals surface area contributed by atoms with Gasteiger partial charge in [-0.25, -0.2) is 13.1 Å². The van der Waals surface area contributed by atoms with Crippen LogP contribution in [0.15, 0.2) is 36.5 Å². The number of benzene rings is 1. The molecule has 1 unspecified atom stereocenters. The van der Waals surface area contributed by atoms with Crippen molar-refractivity contribution in [3.05, 3.63) is 53.3 Å². The van der Waals surface area contributed by atoms with Crippen LogP contribution in [0.3, 0.4) is 0 Å². The van der Waals surface area contributed by atoms with Crippen LogP contribution in [0, 0.1) is 0 Å². The molecule has 5 nitrogen and oxygen atoms in total. The van der Waals surface area contributed by atoms with Crippen LogP contribution in [0.5, 0.6) is 11.5 Å². The van der Waals surface area contributed by atoms with E-state index < -0.39 is 27.1 Å². The minimum absolute atomic E-state index is 0.0346. The van der Waals surface area contributed by atoms with Crippen molar-refractivity contribution >= 4 is 10.0 Å². The van der Waals surface area contributed by atoms with Crippen molar-refractivity contribution in [2.75, 3.05) is 0 Å². The Kier molecular flexibility index (Phi) is 5.18. The molecule has 2 aromatic rings. The highest BCUT2D eigenvalue weighted by atomic mass is 32.2. The predicted molar refractivity (Wildman–Crippen MR) is 94.1 cm³/mol. The Bertz CT molecular complexity index is 943. The molecule has 1 N–H and O–H groups in total. The van der Waals surface area contributed by atoms with E-state index in [0.717, 1.165) is 23.4 Å². The fraction of sp³-hybridized carbons (Fsp3) is 0.389. The Labute approximate surface area is 155 Å². The summed E-state index contributed by atoms with van der Waals surface area (Å²) in [7, 11) is -3.37. The van der Waals surface area contributed by atoms with Crippen LogP contribution >= 0.6 is 0 Å². The van der Waals surface area contributed by atoms with E-state index in [0.29, 0.717) is 18.6 Å². The lowest BCUT2D eigenvalue weighted by molar-refractivity contribution is -0.141. The smallest absolute Gasteiger partial charge is 0.433 e. The second-order valence-corrected chi connectivity index (χ2v) is 8.99. The number of ether oxygens (including phenoxy) is 1. The second kappa shape index (κ2) is 7.12. The summed E-state index contributed by atoms with van der Waals surface area (Å²) in [5, 5.41) is -0.519. The molecule has 0 fully saturated rings. The molecule has 1 aromatic heterocycles. The topological polar surface area (TPSA) is 68.3 Å². The van der Waals surface area contributed by atoms with Gasteiger partial charge < -0.3 is 4.74 Å². The van der Waals surface area contributed by atoms with E-state index in [1.165, 1.54) is 6.07 Å². The third-order valence-electron chi connectivity index (χ3n) is 4.32. The normalized spacial score (nSPS) is 17.2. The minimum atomic E-state index is -4.54.